The number of hydrogen-bond acceptors (Lipinski definition) is 3. The van der Waals surface area contributed by atoms with Crippen LogP contribution in [-0.2, 0) is 16.6 Å². The lowest BCUT2D eigenvalue weighted by Crippen LogP contribution is -2.27. The molecule has 0 amide bonds. The Morgan fingerprint density at radius 2 is 1.49 bits per heavy atom. The number of carboxylic acid groups (broad SMARTS) is 1. The van der Waals surface area contributed by atoms with Crippen molar-refractivity contribution in [2.24, 2.45) is 5.41 Å². The minimum absolute atomic E-state index is 0.0539. The van der Waals surface area contributed by atoms with Crippen molar-refractivity contribution in [1.29, 1.82) is 0 Å². The van der Waals surface area contributed by atoms with Crippen molar-refractivity contribution in [1.82, 2.24) is 0 Å². The van der Waals surface area contributed by atoms with E-state index >= 15 is 0 Å². The zero-order chi connectivity index (χ0) is 27.6. The van der Waals surface area contributed by atoms with Crippen LogP contribution >= 0.6 is 0 Å². The standard InChI is InChI=1S/C33H50O4/c1-8-33(9-2,27-17-15-26(24(3)22-27)16-20-30(34)32(5,6)7)28-18-19-29(25(4)23-28)37-21-13-11-10-12-14-31(35)36/h15,17-19,22-23,30,34H,8-14,16,20-21H2,1-7H3,(H,35,36). The fourth-order valence-corrected chi connectivity index (χ4v) is 5.26. The van der Waals surface area contributed by atoms with E-state index in [1.54, 1.807) is 0 Å². The molecule has 0 bridgehead atoms. The second kappa shape index (κ2) is 14.0. The number of aliphatic hydroxyl groups excluding tert-OH is 1. The summed E-state index contributed by atoms with van der Waals surface area (Å²) in [5.41, 5.74) is 6.29. The maximum absolute atomic E-state index is 10.6. The van der Waals surface area contributed by atoms with Gasteiger partial charge >= 0.3 is 5.97 Å². The Hall–Kier alpha value is -2.33. The molecule has 0 aliphatic carbocycles. The van der Waals surface area contributed by atoms with Gasteiger partial charge in [-0.1, -0.05) is 77.8 Å². The van der Waals surface area contributed by atoms with Gasteiger partial charge in [-0.3, -0.25) is 4.79 Å². The van der Waals surface area contributed by atoms with E-state index < -0.39 is 5.97 Å². The van der Waals surface area contributed by atoms with Gasteiger partial charge in [0.25, 0.3) is 0 Å². The van der Waals surface area contributed by atoms with Crippen LogP contribution in [0.5, 0.6) is 5.75 Å². The molecule has 2 aromatic carbocycles. The van der Waals surface area contributed by atoms with E-state index in [2.05, 4.69) is 84.9 Å². The summed E-state index contributed by atoms with van der Waals surface area (Å²) in [7, 11) is 0. The van der Waals surface area contributed by atoms with Gasteiger partial charge < -0.3 is 14.9 Å². The van der Waals surface area contributed by atoms with E-state index in [0.29, 0.717) is 6.61 Å². The fraction of sp³-hybridized carbons (Fsp3) is 0.606. The minimum atomic E-state index is -0.718. The van der Waals surface area contributed by atoms with Crippen molar-refractivity contribution in [3.05, 3.63) is 64.2 Å². The first-order chi connectivity index (χ1) is 17.4. The Morgan fingerprint density at radius 3 is 2.03 bits per heavy atom. The summed E-state index contributed by atoms with van der Waals surface area (Å²) in [6.07, 6.45) is 7.23. The monoisotopic (exact) mass is 510 g/mol. The number of rotatable bonds is 15. The minimum Gasteiger partial charge on any atom is -0.493 e. The molecule has 0 radical (unpaired) electrons. The summed E-state index contributed by atoms with van der Waals surface area (Å²) in [5.74, 6) is 0.212. The predicted molar refractivity (Wildman–Crippen MR) is 154 cm³/mol. The third kappa shape index (κ3) is 8.60. The lowest BCUT2D eigenvalue weighted by molar-refractivity contribution is -0.137. The molecular formula is C33H50O4. The van der Waals surface area contributed by atoms with Crippen LogP contribution in [0.25, 0.3) is 0 Å². The highest BCUT2D eigenvalue weighted by Gasteiger charge is 2.31. The Kier molecular flexibility index (Phi) is 11.7. The number of carboxylic acids is 1. The number of carbonyl (C=O) groups is 1. The molecule has 0 saturated carbocycles. The first-order valence-electron chi connectivity index (χ1n) is 14.2. The van der Waals surface area contributed by atoms with Gasteiger partial charge in [0.1, 0.15) is 5.75 Å². The molecule has 4 nitrogen and oxygen atoms in total. The van der Waals surface area contributed by atoms with E-state index in [1.165, 1.54) is 22.3 Å². The normalized spacial score (nSPS) is 13.0. The molecule has 2 rings (SSSR count). The average molecular weight is 511 g/mol. The summed E-state index contributed by atoms with van der Waals surface area (Å²) in [5, 5.41) is 19.2. The summed E-state index contributed by atoms with van der Waals surface area (Å²) >= 11 is 0. The summed E-state index contributed by atoms with van der Waals surface area (Å²) in [4.78, 5) is 10.6. The molecule has 0 spiro atoms. The topological polar surface area (TPSA) is 66.8 Å². The van der Waals surface area contributed by atoms with Crippen LogP contribution in [0.15, 0.2) is 36.4 Å². The van der Waals surface area contributed by atoms with Gasteiger partial charge in [-0.25, -0.2) is 0 Å². The Morgan fingerprint density at radius 1 is 0.892 bits per heavy atom. The van der Waals surface area contributed by atoms with Crippen LogP contribution in [0, 0.1) is 19.3 Å². The highest BCUT2D eigenvalue weighted by molar-refractivity contribution is 5.66. The molecule has 0 aliphatic heterocycles. The highest BCUT2D eigenvalue weighted by atomic mass is 16.5. The molecular weight excluding hydrogens is 460 g/mol. The molecule has 0 heterocycles. The molecule has 0 saturated heterocycles. The Balaban J connectivity index is 2.12. The predicted octanol–water partition coefficient (Wildman–Crippen LogP) is 8.16. The van der Waals surface area contributed by atoms with E-state index in [-0.39, 0.29) is 23.4 Å². The third-order valence-electron chi connectivity index (χ3n) is 8.06. The van der Waals surface area contributed by atoms with Crippen LogP contribution in [0.4, 0.5) is 0 Å². The molecule has 0 aromatic heterocycles. The van der Waals surface area contributed by atoms with Gasteiger partial charge in [0, 0.05) is 11.8 Å². The smallest absolute Gasteiger partial charge is 0.303 e. The van der Waals surface area contributed by atoms with Gasteiger partial charge in [0.15, 0.2) is 0 Å². The third-order valence-corrected chi connectivity index (χ3v) is 8.06. The van der Waals surface area contributed by atoms with Crippen LogP contribution in [0.3, 0.4) is 0 Å². The van der Waals surface area contributed by atoms with Crippen LogP contribution in [0.2, 0.25) is 0 Å². The highest BCUT2D eigenvalue weighted by Crippen LogP contribution is 2.41. The SMILES string of the molecule is CCC(CC)(c1ccc(CCC(O)C(C)(C)C)c(C)c1)c1ccc(OCCCCCCC(=O)O)c(C)c1. The maximum Gasteiger partial charge on any atom is 0.303 e. The number of aryl methyl sites for hydroxylation is 3. The summed E-state index contributed by atoms with van der Waals surface area (Å²) < 4.78 is 6.07. The van der Waals surface area contributed by atoms with Gasteiger partial charge in [0.2, 0.25) is 0 Å². The van der Waals surface area contributed by atoms with Gasteiger partial charge in [-0.2, -0.15) is 0 Å². The molecule has 4 heteroatoms. The first kappa shape index (κ1) is 30.9. The van der Waals surface area contributed by atoms with Crippen molar-refractivity contribution in [2.45, 2.75) is 118 Å². The van der Waals surface area contributed by atoms with Gasteiger partial charge in [-0.15, -0.1) is 0 Å². The van der Waals surface area contributed by atoms with Crippen molar-refractivity contribution >= 4 is 5.97 Å². The largest absolute Gasteiger partial charge is 0.493 e. The van der Waals surface area contributed by atoms with Gasteiger partial charge in [0.05, 0.1) is 12.7 Å². The van der Waals surface area contributed by atoms with Crippen LogP contribution < -0.4 is 4.74 Å². The lowest BCUT2D eigenvalue weighted by Gasteiger charge is -2.34. The average Bonchev–Trinajstić information content (AvgIpc) is 2.84. The van der Waals surface area contributed by atoms with E-state index in [0.717, 1.165) is 62.7 Å². The zero-order valence-electron chi connectivity index (χ0n) is 24.3. The molecule has 1 atom stereocenters. The molecule has 0 aliphatic rings. The molecule has 37 heavy (non-hydrogen) atoms. The van der Waals surface area contributed by atoms with E-state index in [1.807, 2.05) is 0 Å². The number of aliphatic hydroxyl groups is 1. The molecule has 2 N–H and O–H groups in total. The lowest BCUT2D eigenvalue weighted by atomic mass is 9.69. The second-order valence-electron chi connectivity index (χ2n) is 11.7. The number of unbranched alkanes of at least 4 members (excludes halogenated alkanes) is 3. The van der Waals surface area contributed by atoms with Crippen LogP contribution in [-0.4, -0.2) is 28.9 Å². The van der Waals surface area contributed by atoms with Crippen molar-refractivity contribution < 1.29 is 19.7 Å². The summed E-state index contributed by atoms with van der Waals surface area (Å²) in [6.45, 7) is 15.8. The van der Waals surface area contributed by atoms with E-state index in [9.17, 15) is 9.90 Å². The summed E-state index contributed by atoms with van der Waals surface area (Å²) in [6, 6.07) is 13.5. The Labute approximate surface area is 225 Å². The Bertz CT molecular complexity index is 998. The number of aliphatic carboxylic acids is 1. The molecule has 1 unspecified atom stereocenters. The van der Waals surface area contributed by atoms with E-state index in [4.69, 9.17) is 9.84 Å². The van der Waals surface area contributed by atoms with Gasteiger partial charge in [-0.05, 0) is 91.7 Å². The zero-order valence-corrected chi connectivity index (χ0v) is 24.3. The van der Waals surface area contributed by atoms with Crippen molar-refractivity contribution in [3.63, 3.8) is 0 Å². The molecule has 0 fully saturated rings. The fourth-order valence-electron chi connectivity index (χ4n) is 5.26. The van der Waals surface area contributed by atoms with Crippen molar-refractivity contribution in [3.8, 4) is 5.75 Å². The van der Waals surface area contributed by atoms with Crippen molar-refractivity contribution in [2.75, 3.05) is 6.61 Å². The number of ether oxygens (including phenoxy) is 1. The second-order valence-corrected chi connectivity index (χ2v) is 11.7. The quantitative estimate of drug-likeness (QED) is 0.237. The first-order valence-corrected chi connectivity index (χ1v) is 14.2. The van der Waals surface area contributed by atoms with Crippen LogP contribution in [0.1, 0.15) is 114 Å². The number of benzene rings is 2. The molecule has 2 aromatic rings. The maximum atomic E-state index is 10.6. The molecule has 206 valence electrons. The number of hydrogen-bond donors (Lipinski definition) is 2.